The van der Waals surface area contributed by atoms with Gasteiger partial charge in [0.25, 0.3) is 0 Å². The fourth-order valence-electron chi connectivity index (χ4n) is 2.75. The Bertz CT molecular complexity index is 400. The van der Waals surface area contributed by atoms with Crippen molar-refractivity contribution >= 4 is 0 Å². The maximum absolute atomic E-state index is 10.2. The molecule has 0 saturated carbocycles. The Morgan fingerprint density at radius 2 is 1.79 bits per heavy atom. The molecule has 3 heteroatoms. The van der Waals surface area contributed by atoms with Crippen molar-refractivity contribution in [1.82, 2.24) is 0 Å². The lowest BCUT2D eigenvalue weighted by molar-refractivity contribution is -0.351. The van der Waals surface area contributed by atoms with Crippen LogP contribution in [0.25, 0.3) is 0 Å². The Kier molecular flexibility index (Phi) is 4.29. The fraction of sp³-hybridized carbons (Fsp3) is 0.625. The highest BCUT2D eigenvalue weighted by molar-refractivity contribution is 5.15. The number of hydrogen-bond acceptors (Lipinski definition) is 3. The van der Waals surface area contributed by atoms with Crippen LogP contribution in [-0.4, -0.2) is 23.8 Å². The van der Waals surface area contributed by atoms with Crippen LogP contribution < -0.4 is 0 Å². The van der Waals surface area contributed by atoms with Crippen molar-refractivity contribution in [2.24, 2.45) is 11.3 Å². The summed E-state index contributed by atoms with van der Waals surface area (Å²) in [4.78, 5) is 0. The monoisotopic (exact) mass is 264 g/mol. The van der Waals surface area contributed by atoms with E-state index in [1.165, 1.54) is 0 Å². The number of rotatable bonds is 3. The minimum Gasteiger partial charge on any atom is -0.367 e. The molecule has 0 amide bonds. The van der Waals surface area contributed by atoms with Crippen LogP contribution in [0.2, 0.25) is 0 Å². The van der Waals surface area contributed by atoms with E-state index in [4.69, 9.17) is 9.47 Å². The Balaban J connectivity index is 2.09. The van der Waals surface area contributed by atoms with Crippen LogP contribution in [0.4, 0.5) is 0 Å². The molecular formula is C16H24O3. The molecule has 1 fully saturated rings. The predicted molar refractivity (Wildman–Crippen MR) is 74.5 cm³/mol. The van der Waals surface area contributed by atoms with Gasteiger partial charge in [0, 0.05) is 11.8 Å². The molecule has 106 valence electrons. The van der Waals surface area contributed by atoms with Crippen LogP contribution in [0.1, 0.15) is 33.3 Å². The van der Waals surface area contributed by atoms with E-state index < -0.39 is 6.29 Å². The first kappa shape index (κ1) is 14.5. The molecule has 1 aliphatic heterocycles. The van der Waals surface area contributed by atoms with E-state index in [1.54, 1.807) is 0 Å². The second-order valence-corrected chi connectivity index (χ2v) is 6.23. The smallest absolute Gasteiger partial charge is 0.165 e. The van der Waals surface area contributed by atoms with Gasteiger partial charge in [0.1, 0.15) is 0 Å². The van der Waals surface area contributed by atoms with Crippen LogP contribution in [0, 0.1) is 11.3 Å². The molecule has 1 N–H and O–H groups in total. The third kappa shape index (κ3) is 3.16. The average Bonchev–Trinajstić information content (AvgIpc) is 2.34. The Labute approximate surface area is 115 Å². The fourth-order valence-corrected chi connectivity index (χ4v) is 2.75. The van der Waals surface area contributed by atoms with Gasteiger partial charge in [-0.25, -0.2) is 0 Å². The van der Waals surface area contributed by atoms with E-state index in [1.807, 2.05) is 44.2 Å². The standard InChI is InChI=1S/C16H24O3/c1-11(2)14-16(3,4)15(17)19-13(18-14)10-12-8-6-5-7-9-12/h5-9,11,13-15,17H,10H2,1-4H3. The van der Waals surface area contributed by atoms with Crippen LogP contribution in [0.5, 0.6) is 0 Å². The Hall–Kier alpha value is -0.900. The molecule has 0 spiro atoms. The van der Waals surface area contributed by atoms with Crippen LogP contribution in [0.3, 0.4) is 0 Å². The van der Waals surface area contributed by atoms with E-state index >= 15 is 0 Å². The molecule has 2 rings (SSSR count). The van der Waals surface area contributed by atoms with Gasteiger partial charge in [-0.2, -0.15) is 0 Å². The van der Waals surface area contributed by atoms with Crippen molar-refractivity contribution in [2.75, 3.05) is 0 Å². The lowest BCUT2D eigenvalue weighted by Crippen LogP contribution is -2.54. The van der Waals surface area contributed by atoms with Crippen molar-refractivity contribution in [2.45, 2.75) is 52.8 Å². The Morgan fingerprint density at radius 1 is 1.16 bits per heavy atom. The summed E-state index contributed by atoms with van der Waals surface area (Å²) in [6.45, 7) is 8.20. The molecule has 1 aromatic rings. The molecule has 0 aromatic heterocycles. The van der Waals surface area contributed by atoms with E-state index in [0.717, 1.165) is 5.56 Å². The van der Waals surface area contributed by atoms with E-state index in [9.17, 15) is 5.11 Å². The van der Waals surface area contributed by atoms with E-state index in [0.29, 0.717) is 12.3 Å². The van der Waals surface area contributed by atoms with Gasteiger partial charge in [-0.05, 0) is 11.5 Å². The summed E-state index contributed by atoms with van der Waals surface area (Å²) in [6, 6.07) is 10.1. The number of benzene rings is 1. The van der Waals surface area contributed by atoms with Crippen LogP contribution in [-0.2, 0) is 15.9 Å². The first-order valence-electron chi connectivity index (χ1n) is 6.94. The molecular weight excluding hydrogens is 240 g/mol. The van der Waals surface area contributed by atoms with Crippen LogP contribution in [0.15, 0.2) is 30.3 Å². The quantitative estimate of drug-likeness (QED) is 0.912. The molecule has 0 radical (unpaired) electrons. The lowest BCUT2D eigenvalue weighted by Gasteiger charge is -2.47. The van der Waals surface area contributed by atoms with Crippen molar-refractivity contribution < 1.29 is 14.6 Å². The highest BCUT2D eigenvalue weighted by Gasteiger charge is 2.46. The molecule has 3 unspecified atom stereocenters. The molecule has 1 aromatic carbocycles. The summed E-state index contributed by atoms with van der Waals surface area (Å²) in [5, 5.41) is 10.2. The SMILES string of the molecule is CC(C)C1OC(Cc2ccccc2)OC(O)C1(C)C. The summed E-state index contributed by atoms with van der Waals surface area (Å²) < 4.78 is 11.7. The largest absolute Gasteiger partial charge is 0.367 e. The highest BCUT2D eigenvalue weighted by Crippen LogP contribution is 2.38. The summed E-state index contributed by atoms with van der Waals surface area (Å²) in [5.41, 5.74) is 0.767. The van der Waals surface area contributed by atoms with Crippen molar-refractivity contribution in [3.8, 4) is 0 Å². The predicted octanol–water partition coefficient (Wildman–Crippen LogP) is 2.97. The van der Waals surface area contributed by atoms with Gasteiger partial charge in [-0.1, -0.05) is 58.0 Å². The number of hydrogen-bond donors (Lipinski definition) is 1. The number of aliphatic hydroxyl groups is 1. The molecule has 1 aliphatic rings. The lowest BCUT2D eigenvalue weighted by atomic mass is 9.79. The third-order valence-corrected chi connectivity index (χ3v) is 3.80. The normalized spacial score (nSPS) is 30.5. The van der Waals surface area contributed by atoms with Crippen molar-refractivity contribution in [3.63, 3.8) is 0 Å². The zero-order valence-corrected chi connectivity index (χ0v) is 12.2. The Morgan fingerprint density at radius 3 is 2.37 bits per heavy atom. The van der Waals surface area contributed by atoms with Gasteiger partial charge < -0.3 is 14.6 Å². The number of ether oxygens (including phenoxy) is 2. The first-order chi connectivity index (χ1) is 8.91. The molecule has 0 aliphatic carbocycles. The van der Waals surface area contributed by atoms with E-state index in [-0.39, 0.29) is 17.8 Å². The zero-order chi connectivity index (χ0) is 14.0. The second-order valence-electron chi connectivity index (χ2n) is 6.23. The first-order valence-corrected chi connectivity index (χ1v) is 6.94. The van der Waals surface area contributed by atoms with Crippen LogP contribution >= 0.6 is 0 Å². The summed E-state index contributed by atoms with van der Waals surface area (Å²) in [6.07, 6.45) is -0.512. The second kappa shape index (κ2) is 5.61. The van der Waals surface area contributed by atoms with E-state index in [2.05, 4.69) is 13.8 Å². The maximum atomic E-state index is 10.2. The third-order valence-electron chi connectivity index (χ3n) is 3.80. The topological polar surface area (TPSA) is 38.7 Å². The molecule has 3 atom stereocenters. The minimum atomic E-state index is -0.789. The van der Waals surface area contributed by atoms with Gasteiger partial charge in [0.15, 0.2) is 12.6 Å². The molecule has 0 bridgehead atoms. The van der Waals surface area contributed by atoms with Gasteiger partial charge in [-0.3, -0.25) is 0 Å². The maximum Gasteiger partial charge on any atom is 0.165 e. The van der Waals surface area contributed by atoms with Crippen molar-refractivity contribution in [3.05, 3.63) is 35.9 Å². The van der Waals surface area contributed by atoms with Gasteiger partial charge in [-0.15, -0.1) is 0 Å². The highest BCUT2D eigenvalue weighted by atomic mass is 16.7. The number of aliphatic hydroxyl groups excluding tert-OH is 1. The van der Waals surface area contributed by atoms with Gasteiger partial charge >= 0.3 is 0 Å². The zero-order valence-electron chi connectivity index (χ0n) is 12.2. The minimum absolute atomic E-state index is 0.00929. The molecule has 1 saturated heterocycles. The summed E-state index contributed by atoms with van der Waals surface area (Å²) >= 11 is 0. The average molecular weight is 264 g/mol. The molecule has 3 nitrogen and oxygen atoms in total. The molecule has 19 heavy (non-hydrogen) atoms. The molecule has 1 heterocycles. The van der Waals surface area contributed by atoms with Gasteiger partial charge in [0.05, 0.1) is 6.10 Å². The summed E-state index contributed by atoms with van der Waals surface area (Å²) in [7, 11) is 0. The van der Waals surface area contributed by atoms with Crippen molar-refractivity contribution in [1.29, 1.82) is 0 Å². The summed E-state index contributed by atoms with van der Waals surface area (Å²) in [5.74, 6) is 0.340. The van der Waals surface area contributed by atoms with Gasteiger partial charge in [0.2, 0.25) is 0 Å².